The number of hydrogen-bond acceptors (Lipinski definition) is 4. The lowest BCUT2D eigenvalue weighted by molar-refractivity contribution is 0.146. The summed E-state index contributed by atoms with van der Waals surface area (Å²) in [5.74, 6) is 0.773. The van der Waals surface area contributed by atoms with Crippen LogP contribution in [0.3, 0.4) is 0 Å². The average Bonchev–Trinajstić information content (AvgIpc) is 2.56. The van der Waals surface area contributed by atoms with Gasteiger partial charge in [-0.15, -0.1) is 0 Å². The summed E-state index contributed by atoms with van der Waals surface area (Å²) >= 11 is 0. The van der Waals surface area contributed by atoms with Crippen molar-refractivity contribution in [1.29, 1.82) is 0 Å². The number of aromatic amines is 1. The Balaban J connectivity index is 1.95. The summed E-state index contributed by atoms with van der Waals surface area (Å²) in [5.41, 5.74) is 2.47. The molecule has 1 N–H and O–H groups in total. The molecule has 0 aliphatic carbocycles. The van der Waals surface area contributed by atoms with Gasteiger partial charge in [-0.2, -0.15) is 0 Å². The Morgan fingerprint density at radius 1 is 1.09 bits per heavy atom. The minimum atomic E-state index is -0.139. The number of rotatable bonds is 5. The maximum Gasteiger partial charge on any atom is 0.258 e. The van der Waals surface area contributed by atoms with Crippen LogP contribution >= 0.6 is 0 Å². The van der Waals surface area contributed by atoms with E-state index in [1.807, 2.05) is 42.5 Å². The lowest BCUT2D eigenvalue weighted by Crippen LogP contribution is -2.06. The quantitative estimate of drug-likeness (QED) is 0.735. The van der Waals surface area contributed by atoms with Crippen molar-refractivity contribution in [2.75, 3.05) is 20.3 Å². The van der Waals surface area contributed by atoms with Crippen molar-refractivity contribution < 1.29 is 9.47 Å². The standard InChI is InChI=1S/C17H16N2O3/c1-21-7-8-22-14-4-2-3-12(9-14)13-5-6-16-15(10-13)17(20)19-11-18-16/h2-6,9-11H,7-8H2,1H3,(H,18,19,20). The number of hydrogen-bond donors (Lipinski definition) is 1. The van der Waals surface area contributed by atoms with Gasteiger partial charge in [0.1, 0.15) is 12.4 Å². The molecule has 0 fully saturated rings. The Hall–Kier alpha value is -2.66. The van der Waals surface area contributed by atoms with E-state index in [4.69, 9.17) is 9.47 Å². The summed E-state index contributed by atoms with van der Waals surface area (Å²) in [7, 11) is 1.64. The number of aromatic nitrogens is 2. The molecule has 0 saturated heterocycles. The number of H-pyrrole nitrogens is 1. The molecule has 0 aliphatic rings. The first-order valence-corrected chi connectivity index (χ1v) is 6.97. The fourth-order valence-electron chi connectivity index (χ4n) is 2.26. The van der Waals surface area contributed by atoms with Crippen LogP contribution in [0.1, 0.15) is 0 Å². The summed E-state index contributed by atoms with van der Waals surface area (Å²) in [5, 5.41) is 0.575. The van der Waals surface area contributed by atoms with Gasteiger partial charge in [0.2, 0.25) is 0 Å². The maximum atomic E-state index is 11.9. The molecule has 1 heterocycles. The van der Waals surface area contributed by atoms with Crippen molar-refractivity contribution in [3.63, 3.8) is 0 Å². The second-order valence-electron chi connectivity index (χ2n) is 4.83. The highest BCUT2D eigenvalue weighted by Crippen LogP contribution is 2.25. The van der Waals surface area contributed by atoms with Gasteiger partial charge in [-0.1, -0.05) is 18.2 Å². The zero-order valence-electron chi connectivity index (χ0n) is 12.2. The van der Waals surface area contributed by atoms with E-state index in [9.17, 15) is 4.79 Å². The second kappa shape index (κ2) is 6.41. The molecule has 0 saturated carbocycles. The topological polar surface area (TPSA) is 64.2 Å². The van der Waals surface area contributed by atoms with Crippen LogP contribution in [0.2, 0.25) is 0 Å². The Morgan fingerprint density at radius 2 is 1.95 bits per heavy atom. The molecule has 0 bridgehead atoms. The molecule has 0 radical (unpaired) electrons. The monoisotopic (exact) mass is 296 g/mol. The van der Waals surface area contributed by atoms with E-state index in [2.05, 4.69) is 9.97 Å². The molecule has 0 aliphatic heterocycles. The van der Waals surface area contributed by atoms with Crippen LogP contribution in [0.25, 0.3) is 22.0 Å². The molecule has 5 heteroatoms. The van der Waals surface area contributed by atoms with Gasteiger partial charge in [-0.3, -0.25) is 4.79 Å². The van der Waals surface area contributed by atoms with Crippen molar-refractivity contribution in [2.24, 2.45) is 0 Å². The summed E-state index contributed by atoms with van der Waals surface area (Å²) in [6.07, 6.45) is 1.41. The van der Waals surface area contributed by atoms with Gasteiger partial charge in [0.05, 0.1) is 23.8 Å². The van der Waals surface area contributed by atoms with Crippen LogP contribution in [-0.4, -0.2) is 30.3 Å². The van der Waals surface area contributed by atoms with Gasteiger partial charge in [0.25, 0.3) is 5.56 Å². The Morgan fingerprint density at radius 3 is 2.82 bits per heavy atom. The maximum absolute atomic E-state index is 11.9. The van der Waals surface area contributed by atoms with E-state index in [0.29, 0.717) is 24.1 Å². The van der Waals surface area contributed by atoms with Crippen molar-refractivity contribution in [2.45, 2.75) is 0 Å². The highest BCUT2D eigenvalue weighted by molar-refractivity contribution is 5.83. The number of nitrogens with one attached hydrogen (secondary N) is 1. The molecule has 0 spiro atoms. The van der Waals surface area contributed by atoms with Gasteiger partial charge in [-0.05, 0) is 35.4 Å². The van der Waals surface area contributed by atoms with E-state index in [0.717, 1.165) is 16.9 Å². The van der Waals surface area contributed by atoms with Crippen LogP contribution in [0.5, 0.6) is 5.75 Å². The van der Waals surface area contributed by atoms with Crippen LogP contribution in [0.15, 0.2) is 53.6 Å². The minimum Gasteiger partial charge on any atom is -0.491 e. The third kappa shape index (κ3) is 2.99. The predicted octanol–water partition coefficient (Wildman–Crippen LogP) is 2.62. The number of nitrogens with zero attached hydrogens (tertiary/aromatic N) is 1. The van der Waals surface area contributed by atoms with Crippen molar-refractivity contribution >= 4 is 10.9 Å². The molecule has 0 amide bonds. The molecule has 5 nitrogen and oxygen atoms in total. The number of methoxy groups -OCH3 is 1. The number of fused-ring (bicyclic) bond motifs is 1. The van der Waals surface area contributed by atoms with Crippen molar-refractivity contribution in [1.82, 2.24) is 9.97 Å². The summed E-state index contributed by atoms with van der Waals surface area (Å²) in [6, 6.07) is 13.4. The van der Waals surface area contributed by atoms with E-state index in [1.54, 1.807) is 7.11 Å². The Kier molecular flexibility index (Phi) is 4.16. The zero-order chi connectivity index (χ0) is 15.4. The highest BCUT2D eigenvalue weighted by Gasteiger charge is 2.04. The lowest BCUT2D eigenvalue weighted by Gasteiger charge is -2.08. The fourth-order valence-corrected chi connectivity index (χ4v) is 2.26. The number of ether oxygens (including phenoxy) is 2. The molecule has 3 rings (SSSR count). The molecule has 112 valence electrons. The van der Waals surface area contributed by atoms with Crippen LogP contribution in [0, 0.1) is 0 Å². The van der Waals surface area contributed by atoms with E-state index in [-0.39, 0.29) is 5.56 Å². The largest absolute Gasteiger partial charge is 0.491 e. The molecular formula is C17H16N2O3. The molecule has 0 unspecified atom stereocenters. The smallest absolute Gasteiger partial charge is 0.258 e. The van der Waals surface area contributed by atoms with Crippen LogP contribution in [-0.2, 0) is 4.74 Å². The summed E-state index contributed by atoms with van der Waals surface area (Å²) in [6.45, 7) is 1.04. The number of benzene rings is 2. The van der Waals surface area contributed by atoms with E-state index in [1.165, 1.54) is 6.33 Å². The molecular weight excluding hydrogens is 280 g/mol. The normalized spacial score (nSPS) is 10.8. The van der Waals surface area contributed by atoms with Gasteiger partial charge >= 0.3 is 0 Å². The first-order chi connectivity index (χ1) is 10.8. The first kappa shape index (κ1) is 14.3. The molecule has 22 heavy (non-hydrogen) atoms. The van der Waals surface area contributed by atoms with Gasteiger partial charge in [0, 0.05) is 7.11 Å². The third-order valence-electron chi connectivity index (χ3n) is 3.36. The Labute approximate surface area is 127 Å². The predicted molar refractivity (Wildman–Crippen MR) is 85.2 cm³/mol. The fraction of sp³-hybridized carbons (Fsp3) is 0.176. The highest BCUT2D eigenvalue weighted by atomic mass is 16.5. The molecule has 3 aromatic rings. The average molecular weight is 296 g/mol. The third-order valence-corrected chi connectivity index (χ3v) is 3.36. The minimum absolute atomic E-state index is 0.139. The summed E-state index contributed by atoms with van der Waals surface area (Å²) < 4.78 is 10.6. The molecule has 0 atom stereocenters. The van der Waals surface area contributed by atoms with Crippen LogP contribution < -0.4 is 10.3 Å². The first-order valence-electron chi connectivity index (χ1n) is 6.97. The van der Waals surface area contributed by atoms with Gasteiger partial charge < -0.3 is 14.5 Å². The Bertz CT molecular complexity index is 842. The van der Waals surface area contributed by atoms with Gasteiger partial charge in [0.15, 0.2) is 0 Å². The molecule has 2 aromatic carbocycles. The van der Waals surface area contributed by atoms with Crippen molar-refractivity contribution in [3.05, 3.63) is 59.1 Å². The van der Waals surface area contributed by atoms with E-state index >= 15 is 0 Å². The zero-order valence-corrected chi connectivity index (χ0v) is 12.2. The second-order valence-corrected chi connectivity index (χ2v) is 4.83. The van der Waals surface area contributed by atoms with E-state index < -0.39 is 0 Å². The van der Waals surface area contributed by atoms with Gasteiger partial charge in [-0.25, -0.2) is 4.98 Å². The van der Waals surface area contributed by atoms with Crippen LogP contribution in [0.4, 0.5) is 0 Å². The summed E-state index contributed by atoms with van der Waals surface area (Å²) in [4.78, 5) is 18.6. The SMILES string of the molecule is COCCOc1cccc(-c2ccc3nc[nH]c(=O)c3c2)c1. The van der Waals surface area contributed by atoms with Crippen molar-refractivity contribution in [3.8, 4) is 16.9 Å². The lowest BCUT2D eigenvalue weighted by atomic mass is 10.0. The molecule has 1 aromatic heterocycles.